The summed E-state index contributed by atoms with van der Waals surface area (Å²) >= 11 is 1.48. The Morgan fingerprint density at radius 2 is 1.93 bits per heavy atom. The van der Waals surface area contributed by atoms with Crippen LogP contribution in [0, 0.1) is 5.82 Å². The number of benzene rings is 2. The maximum absolute atomic E-state index is 14.3. The van der Waals surface area contributed by atoms with E-state index in [0.29, 0.717) is 30.7 Å². The van der Waals surface area contributed by atoms with Gasteiger partial charge in [0.25, 0.3) is 5.91 Å². The fourth-order valence-corrected chi connectivity index (χ4v) is 5.92. The van der Waals surface area contributed by atoms with Gasteiger partial charge in [-0.1, -0.05) is 42.5 Å². The van der Waals surface area contributed by atoms with Gasteiger partial charge in [-0.25, -0.2) is 9.18 Å². The molecule has 1 aliphatic carbocycles. The summed E-state index contributed by atoms with van der Waals surface area (Å²) in [5.41, 5.74) is 1.19. The van der Waals surface area contributed by atoms with Crippen LogP contribution in [0.25, 0.3) is 0 Å². The molecule has 2 aliphatic heterocycles. The molecule has 0 aromatic heterocycles. The summed E-state index contributed by atoms with van der Waals surface area (Å²) in [5.74, 6) is -0.450. The third-order valence-electron chi connectivity index (χ3n) is 6.10. The number of halogens is 1. The van der Waals surface area contributed by atoms with Crippen LogP contribution in [0.2, 0.25) is 0 Å². The second-order valence-electron chi connectivity index (χ2n) is 7.72. The van der Waals surface area contributed by atoms with Crippen LogP contribution in [0.15, 0.2) is 48.5 Å². The maximum atomic E-state index is 14.3. The maximum Gasteiger partial charge on any atom is 0.325 e. The standard InChI is InChI=1S/C22H20FN3O3S/c23-17-8-4-2-6-15(17)19-25(11-12-30-19)18(27)13-26-20(28)22(24-21(26)29)10-9-14-5-1-3-7-16(14)22/h1-8,19H,9-13H2,(H,24,29). The van der Waals surface area contributed by atoms with Crippen LogP contribution in [0.1, 0.15) is 28.5 Å². The number of nitrogens with one attached hydrogen (secondary N) is 1. The van der Waals surface area contributed by atoms with Crippen LogP contribution < -0.4 is 5.32 Å². The van der Waals surface area contributed by atoms with Crippen LogP contribution in [0.3, 0.4) is 0 Å². The van der Waals surface area contributed by atoms with Crippen LogP contribution in [-0.4, -0.2) is 46.5 Å². The number of nitrogens with zero attached hydrogens (tertiary/aromatic N) is 2. The molecule has 2 heterocycles. The van der Waals surface area contributed by atoms with Gasteiger partial charge >= 0.3 is 6.03 Å². The first kappa shape index (κ1) is 19.1. The first-order valence-corrected chi connectivity index (χ1v) is 10.9. The predicted molar refractivity (Wildman–Crippen MR) is 110 cm³/mol. The van der Waals surface area contributed by atoms with Gasteiger partial charge in [-0.3, -0.25) is 14.5 Å². The Bertz CT molecular complexity index is 1060. The van der Waals surface area contributed by atoms with Gasteiger partial charge in [0.1, 0.15) is 23.3 Å². The SMILES string of the molecule is O=C1NC2(CCc3ccccc32)C(=O)N1CC(=O)N1CCSC1c1ccccc1F. The fraction of sp³-hybridized carbons (Fsp3) is 0.318. The molecule has 2 fully saturated rings. The van der Waals surface area contributed by atoms with Crippen molar-refractivity contribution in [3.05, 3.63) is 71.0 Å². The second-order valence-corrected chi connectivity index (χ2v) is 8.90. The van der Waals surface area contributed by atoms with Crippen molar-refractivity contribution in [1.82, 2.24) is 15.1 Å². The minimum atomic E-state index is -1.08. The third kappa shape index (κ3) is 2.81. The molecular weight excluding hydrogens is 405 g/mol. The van der Waals surface area contributed by atoms with Crippen LogP contribution in [0.4, 0.5) is 9.18 Å². The van der Waals surface area contributed by atoms with Crippen molar-refractivity contribution in [2.24, 2.45) is 0 Å². The van der Waals surface area contributed by atoms with E-state index < -0.39 is 16.9 Å². The van der Waals surface area contributed by atoms with Gasteiger partial charge < -0.3 is 10.2 Å². The molecule has 1 N–H and O–H groups in total. The minimum Gasteiger partial charge on any atom is -0.324 e. The van der Waals surface area contributed by atoms with Crippen molar-refractivity contribution >= 4 is 29.6 Å². The lowest BCUT2D eigenvalue weighted by molar-refractivity contribution is -0.139. The number of aryl methyl sites for hydroxylation is 1. The lowest BCUT2D eigenvalue weighted by Crippen LogP contribution is -2.44. The summed E-state index contributed by atoms with van der Waals surface area (Å²) in [4.78, 5) is 41.5. The third-order valence-corrected chi connectivity index (χ3v) is 7.34. The number of imide groups is 1. The van der Waals surface area contributed by atoms with Crippen molar-refractivity contribution in [1.29, 1.82) is 0 Å². The average molecular weight is 425 g/mol. The molecule has 3 aliphatic rings. The van der Waals surface area contributed by atoms with E-state index in [2.05, 4.69) is 5.32 Å². The lowest BCUT2D eigenvalue weighted by atomic mass is 9.92. The average Bonchev–Trinajstić information content (AvgIpc) is 3.43. The van der Waals surface area contributed by atoms with Crippen molar-refractivity contribution in [2.75, 3.05) is 18.8 Å². The highest BCUT2D eigenvalue weighted by atomic mass is 32.2. The monoisotopic (exact) mass is 425 g/mol. The first-order valence-electron chi connectivity index (χ1n) is 9.89. The van der Waals surface area contributed by atoms with Crippen molar-refractivity contribution < 1.29 is 18.8 Å². The number of thioether (sulfide) groups is 1. The second kappa shape index (κ2) is 7.12. The fourth-order valence-electron chi connectivity index (χ4n) is 4.62. The number of carbonyl (C=O) groups is 3. The molecule has 0 saturated carbocycles. The molecule has 1 spiro atoms. The van der Waals surface area contributed by atoms with Gasteiger partial charge in [-0.15, -0.1) is 11.8 Å². The molecule has 2 aromatic rings. The normalized spacial score (nSPS) is 25.2. The molecule has 6 nitrogen and oxygen atoms in total. The molecule has 2 saturated heterocycles. The Morgan fingerprint density at radius 1 is 1.17 bits per heavy atom. The van der Waals surface area contributed by atoms with Crippen LogP contribution in [-0.2, 0) is 21.5 Å². The van der Waals surface area contributed by atoms with Crippen LogP contribution in [0.5, 0.6) is 0 Å². The molecule has 2 unspecified atom stereocenters. The molecule has 5 rings (SSSR count). The van der Waals surface area contributed by atoms with E-state index in [1.54, 1.807) is 23.1 Å². The van der Waals surface area contributed by atoms with E-state index in [0.717, 1.165) is 16.0 Å². The molecular formula is C22H20FN3O3S. The molecule has 2 atom stereocenters. The number of urea groups is 1. The zero-order valence-electron chi connectivity index (χ0n) is 16.1. The van der Waals surface area contributed by atoms with E-state index in [1.807, 2.05) is 24.3 Å². The largest absolute Gasteiger partial charge is 0.325 e. The number of hydrogen-bond acceptors (Lipinski definition) is 4. The minimum absolute atomic E-state index is 0.347. The Labute approximate surface area is 177 Å². The van der Waals surface area contributed by atoms with Crippen LogP contribution >= 0.6 is 11.8 Å². The zero-order valence-corrected chi connectivity index (χ0v) is 17.0. The Kier molecular flexibility index (Phi) is 4.54. The summed E-state index contributed by atoms with van der Waals surface area (Å²) in [6.45, 7) is 0.0974. The van der Waals surface area contributed by atoms with Gasteiger partial charge in [-0.05, 0) is 30.0 Å². The van der Waals surface area contributed by atoms with E-state index >= 15 is 0 Å². The predicted octanol–water partition coefficient (Wildman–Crippen LogP) is 2.79. The van der Waals surface area contributed by atoms with Crippen molar-refractivity contribution in [3.63, 3.8) is 0 Å². The summed E-state index contributed by atoms with van der Waals surface area (Å²) in [5, 5.41) is 2.38. The van der Waals surface area contributed by atoms with Crippen molar-refractivity contribution in [3.8, 4) is 0 Å². The molecule has 4 amide bonds. The number of hydrogen-bond donors (Lipinski definition) is 1. The summed E-state index contributed by atoms with van der Waals surface area (Å²) in [6, 6.07) is 13.4. The Hall–Kier alpha value is -2.87. The molecule has 8 heteroatoms. The van der Waals surface area contributed by atoms with Gasteiger partial charge in [0.15, 0.2) is 0 Å². The quantitative estimate of drug-likeness (QED) is 0.768. The van der Waals surface area contributed by atoms with Gasteiger partial charge in [0, 0.05) is 17.9 Å². The molecule has 0 radical (unpaired) electrons. The van der Waals surface area contributed by atoms with E-state index in [1.165, 1.54) is 17.8 Å². The molecule has 2 aromatic carbocycles. The van der Waals surface area contributed by atoms with E-state index in [9.17, 15) is 18.8 Å². The highest BCUT2D eigenvalue weighted by Gasteiger charge is 2.55. The van der Waals surface area contributed by atoms with Gasteiger partial charge in [-0.2, -0.15) is 0 Å². The van der Waals surface area contributed by atoms with Crippen molar-refractivity contribution in [2.45, 2.75) is 23.8 Å². The van der Waals surface area contributed by atoms with E-state index in [-0.39, 0.29) is 24.2 Å². The summed E-state index contributed by atoms with van der Waals surface area (Å²) in [7, 11) is 0. The summed E-state index contributed by atoms with van der Waals surface area (Å²) in [6.07, 6.45) is 1.18. The van der Waals surface area contributed by atoms with Gasteiger partial charge in [0.2, 0.25) is 5.91 Å². The molecule has 0 bridgehead atoms. The van der Waals surface area contributed by atoms with E-state index in [4.69, 9.17) is 0 Å². The first-order chi connectivity index (χ1) is 14.5. The highest BCUT2D eigenvalue weighted by Crippen LogP contribution is 2.42. The Morgan fingerprint density at radius 3 is 2.77 bits per heavy atom. The lowest BCUT2D eigenvalue weighted by Gasteiger charge is -2.26. The Balaban J connectivity index is 1.37. The molecule has 30 heavy (non-hydrogen) atoms. The zero-order chi connectivity index (χ0) is 20.9. The number of rotatable bonds is 3. The van der Waals surface area contributed by atoms with Gasteiger partial charge in [0.05, 0.1) is 0 Å². The number of carbonyl (C=O) groups excluding carboxylic acids is 3. The topological polar surface area (TPSA) is 69.7 Å². The number of fused-ring (bicyclic) bond motifs is 2. The molecule has 154 valence electrons. The summed E-state index contributed by atoms with van der Waals surface area (Å²) < 4.78 is 14.3. The number of amides is 4. The highest BCUT2D eigenvalue weighted by molar-refractivity contribution is 7.99. The smallest absolute Gasteiger partial charge is 0.324 e.